The molecule has 0 aromatic heterocycles. The van der Waals surface area contributed by atoms with E-state index in [4.69, 9.17) is 0 Å². The van der Waals surface area contributed by atoms with Crippen LogP contribution in [0.25, 0.3) is 0 Å². The maximum Gasteiger partial charge on any atom is 0.0349 e. The van der Waals surface area contributed by atoms with E-state index < -0.39 is 0 Å². The molecule has 1 aromatic rings. The van der Waals surface area contributed by atoms with Crippen LogP contribution >= 0.6 is 0 Å². The molecule has 116 valence electrons. The van der Waals surface area contributed by atoms with Crippen LogP contribution in [0.5, 0.6) is 0 Å². The highest BCUT2D eigenvalue weighted by molar-refractivity contribution is 5.25. The van der Waals surface area contributed by atoms with Crippen LogP contribution in [0.15, 0.2) is 24.3 Å². The number of nitrogens with one attached hydrogen (secondary N) is 1. The second kappa shape index (κ2) is 6.10. The van der Waals surface area contributed by atoms with Gasteiger partial charge in [0.1, 0.15) is 0 Å². The third kappa shape index (κ3) is 3.32. The summed E-state index contributed by atoms with van der Waals surface area (Å²) in [6.07, 6.45) is 8.24. The SMILES string of the molecule is Cc1ccc(C(NCC2(N(C)C)CCCC2)C2CC2)cc1. The summed E-state index contributed by atoms with van der Waals surface area (Å²) in [6.45, 7) is 3.30. The standard InChI is InChI=1S/C19H30N2/c1-15-6-8-16(9-7-15)18(17-10-11-17)20-14-19(21(2)3)12-4-5-13-19/h6-9,17-18,20H,4-5,10-14H2,1-3H3. The second-order valence-corrected chi connectivity index (χ2v) is 7.43. The lowest BCUT2D eigenvalue weighted by Crippen LogP contribution is -2.50. The summed E-state index contributed by atoms with van der Waals surface area (Å²) < 4.78 is 0. The Labute approximate surface area is 129 Å². The summed E-state index contributed by atoms with van der Waals surface area (Å²) in [5, 5.41) is 3.94. The maximum atomic E-state index is 3.94. The van der Waals surface area contributed by atoms with Crippen LogP contribution in [0, 0.1) is 12.8 Å². The molecule has 3 rings (SSSR count). The summed E-state index contributed by atoms with van der Waals surface area (Å²) in [5.41, 5.74) is 3.22. The minimum atomic E-state index is 0.387. The van der Waals surface area contributed by atoms with Crippen molar-refractivity contribution in [1.29, 1.82) is 0 Å². The summed E-state index contributed by atoms with van der Waals surface area (Å²) in [6, 6.07) is 9.71. The fourth-order valence-corrected chi connectivity index (χ4v) is 3.88. The molecule has 2 aliphatic carbocycles. The van der Waals surface area contributed by atoms with Crippen molar-refractivity contribution in [2.45, 2.75) is 57.0 Å². The van der Waals surface area contributed by atoms with Crippen molar-refractivity contribution in [3.8, 4) is 0 Å². The van der Waals surface area contributed by atoms with Crippen LogP contribution < -0.4 is 5.32 Å². The summed E-state index contributed by atoms with van der Waals surface area (Å²) in [4.78, 5) is 2.46. The topological polar surface area (TPSA) is 15.3 Å². The van der Waals surface area contributed by atoms with Gasteiger partial charge in [-0.1, -0.05) is 42.7 Å². The molecule has 1 atom stereocenters. The summed E-state index contributed by atoms with van der Waals surface area (Å²) in [5.74, 6) is 0.855. The molecule has 0 radical (unpaired) electrons. The normalized spacial score (nSPS) is 22.7. The van der Waals surface area contributed by atoms with Crippen LogP contribution in [0.3, 0.4) is 0 Å². The Morgan fingerprint density at radius 1 is 1.14 bits per heavy atom. The number of rotatable bonds is 6. The van der Waals surface area contributed by atoms with E-state index >= 15 is 0 Å². The monoisotopic (exact) mass is 286 g/mol. The number of nitrogens with zero attached hydrogens (tertiary/aromatic N) is 1. The van der Waals surface area contributed by atoms with Crippen molar-refractivity contribution in [3.63, 3.8) is 0 Å². The van der Waals surface area contributed by atoms with Gasteiger partial charge in [-0.25, -0.2) is 0 Å². The molecule has 1 N–H and O–H groups in total. The quantitative estimate of drug-likeness (QED) is 0.853. The van der Waals surface area contributed by atoms with E-state index in [1.807, 2.05) is 0 Å². The summed E-state index contributed by atoms with van der Waals surface area (Å²) >= 11 is 0. The van der Waals surface area contributed by atoms with Gasteiger partial charge in [-0.3, -0.25) is 0 Å². The van der Waals surface area contributed by atoms with E-state index in [0.29, 0.717) is 11.6 Å². The lowest BCUT2D eigenvalue weighted by atomic mass is 9.94. The highest BCUT2D eigenvalue weighted by atomic mass is 15.2. The largest absolute Gasteiger partial charge is 0.308 e. The molecule has 0 amide bonds. The molecule has 0 bridgehead atoms. The zero-order valence-corrected chi connectivity index (χ0v) is 13.9. The first-order valence-corrected chi connectivity index (χ1v) is 8.58. The van der Waals surface area contributed by atoms with Crippen molar-refractivity contribution in [2.75, 3.05) is 20.6 Å². The number of aryl methyl sites for hydroxylation is 1. The number of hydrogen-bond donors (Lipinski definition) is 1. The van der Waals surface area contributed by atoms with E-state index in [1.54, 1.807) is 0 Å². The average molecular weight is 286 g/mol. The second-order valence-electron chi connectivity index (χ2n) is 7.43. The van der Waals surface area contributed by atoms with E-state index in [2.05, 4.69) is 55.5 Å². The Morgan fingerprint density at radius 2 is 1.76 bits per heavy atom. The molecule has 2 heteroatoms. The first kappa shape index (κ1) is 15.1. The highest BCUT2D eigenvalue weighted by Crippen LogP contribution is 2.42. The lowest BCUT2D eigenvalue weighted by molar-refractivity contribution is 0.147. The molecule has 2 aliphatic rings. The molecule has 2 saturated carbocycles. The van der Waals surface area contributed by atoms with Gasteiger partial charge in [0.2, 0.25) is 0 Å². The molecular formula is C19H30N2. The van der Waals surface area contributed by atoms with Crippen molar-refractivity contribution >= 4 is 0 Å². The Hall–Kier alpha value is -0.860. The molecule has 0 spiro atoms. The average Bonchev–Trinajstić information content (AvgIpc) is 3.18. The Morgan fingerprint density at radius 3 is 2.29 bits per heavy atom. The van der Waals surface area contributed by atoms with E-state index in [9.17, 15) is 0 Å². The molecule has 2 fully saturated rings. The maximum absolute atomic E-state index is 3.94. The highest BCUT2D eigenvalue weighted by Gasteiger charge is 2.38. The first-order valence-electron chi connectivity index (χ1n) is 8.58. The van der Waals surface area contributed by atoms with Crippen molar-refractivity contribution in [1.82, 2.24) is 10.2 Å². The number of likely N-dealkylation sites (N-methyl/N-ethyl adjacent to an activating group) is 1. The smallest absolute Gasteiger partial charge is 0.0349 e. The Kier molecular flexibility index (Phi) is 4.37. The lowest BCUT2D eigenvalue weighted by Gasteiger charge is -2.38. The Balaban J connectivity index is 1.69. The predicted molar refractivity (Wildman–Crippen MR) is 89.5 cm³/mol. The molecule has 1 aromatic carbocycles. The van der Waals surface area contributed by atoms with Crippen LogP contribution in [0.1, 0.15) is 55.7 Å². The zero-order valence-electron chi connectivity index (χ0n) is 13.9. The molecule has 0 saturated heterocycles. The molecule has 0 aliphatic heterocycles. The van der Waals surface area contributed by atoms with Gasteiger partial charge >= 0.3 is 0 Å². The van der Waals surface area contributed by atoms with Crippen LogP contribution in [0.4, 0.5) is 0 Å². The van der Waals surface area contributed by atoms with Crippen molar-refractivity contribution < 1.29 is 0 Å². The van der Waals surface area contributed by atoms with E-state index in [1.165, 1.54) is 49.7 Å². The van der Waals surface area contributed by atoms with Gasteiger partial charge < -0.3 is 10.2 Å². The molecule has 2 nitrogen and oxygen atoms in total. The van der Waals surface area contributed by atoms with E-state index in [0.717, 1.165) is 12.5 Å². The van der Waals surface area contributed by atoms with Gasteiger partial charge in [-0.15, -0.1) is 0 Å². The molecule has 0 heterocycles. The zero-order chi connectivity index (χ0) is 14.9. The minimum absolute atomic E-state index is 0.387. The van der Waals surface area contributed by atoms with Crippen LogP contribution in [-0.2, 0) is 0 Å². The van der Waals surface area contributed by atoms with Gasteiger partial charge in [0.25, 0.3) is 0 Å². The third-order valence-electron chi connectivity index (χ3n) is 5.66. The fraction of sp³-hybridized carbons (Fsp3) is 0.684. The number of benzene rings is 1. The third-order valence-corrected chi connectivity index (χ3v) is 5.66. The minimum Gasteiger partial charge on any atom is -0.308 e. The van der Waals surface area contributed by atoms with Crippen molar-refractivity contribution in [3.05, 3.63) is 35.4 Å². The molecular weight excluding hydrogens is 256 g/mol. The fourth-order valence-electron chi connectivity index (χ4n) is 3.88. The van der Waals surface area contributed by atoms with Gasteiger partial charge in [0.05, 0.1) is 0 Å². The van der Waals surface area contributed by atoms with Gasteiger partial charge in [0, 0.05) is 18.1 Å². The Bertz CT molecular complexity index is 453. The first-order chi connectivity index (χ1) is 10.1. The number of hydrogen-bond acceptors (Lipinski definition) is 2. The van der Waals surface area contributed by atoms with Crippen molar-refractivity contribution in [2.24, 2.45) is 5.92 Å². The van der Waals surface area contributed by atoms with Gasteiger partial charge in [0.15, 0.2) is 0 Å². The molecule has 21 heavy (non-hydrogen) atoms. The predicted octanol–water partition coefficient (Wildman–Crippen LogP) is 3.91. The van der Waals surface area contributed by atoms with Crippen LogP contribution in [-0.4, -0.2) is 31.1 Å². The van der Waals surface area contributed by atoms with E-state index in [-0.39, 0.29) is 0 Å². The van der Waals surface area contributed by atoms with Gasteiger partial charge in [-0.05, 0) is 58.2 Å². The van der Waals surface area contributed by atoms with Gasteiger partial charge in [-0.2, -0.15) is 0 Å². The summed E-state index contributed by atoms with van der Waals surface area (Å²) in [7, 11) is 4.51. The van der Waals surface area contributed by atoms with Crippen LogP contribution in [0.2, 0.25) is 0 Å². The molecule has 1 unspecified atom stereocenters.